The maximum absolute atomic E-state index is 13.2. The number of methoxy groups -OCH3 is 2. The Morgan fingerprint density at radius 2 is 1.90 bits per heavy atom. The van der Waals surface area contributed by atoms with Crippen molar-refractivity contribution in [3.63, 3.8) is 0 Å². The van der Waals surface area contributed by atoms with Gasteiger partial charge in [0.25, 0.3) is 5.91 Å². The first kappa shape index (κ1) is 23.1. The van der Waals surface area contributed by atoms with Crippen LogP contribution in [0.2, 0.25) is 0 Å². The zero-order chi connectivity index (χ0) is 22.8. The lowest BCUT2D eigenvalue weighted by Gasteiger charge is -2.40. The molecule has 7 nitrogen and oxygen atoms in total. The molecule has 0 aromatic heterocycles. The quantitative estimate of drug-likeness (QED) is 0.506. The minimum absolute atomic E-state index is 0.103. The number of likely N-dealkylation sites (tertiary alicyclic amines) is 1. The highest BCUT2D eigenvalue weighted by molar-refractivity contribution is 6.07. The number of ether oxygens (including phenoxy) is 2. The molecule has 2 fully saturated rings. The van der Waals surface area contributed by atoms with E-state index in [0.29, 0.717) is 6.42 Å². The Hall–Kier alpha value is -2.54. The molecule has 170 valence electrons. The van der Waals surface area contributed by atoms with E-state index >= 15 is 0 Å². The molecule has 0 unspecified atom stereocenters. The van der Waals surface area contributed by atoms with E-state index in [1.165, 1.54) is 4.90 Å². The predicted octanol–water partition coefficient (Wildman–Crippen LogP) is 3.50. The summed E-state index contributed by atoms with van der Waals surface area (Å²) < 4.78 is 11.1. The molecular formula is C24H35N3O4. The van der Waals surface area contributed by atoms with Crippen LogP contribution in [0.3, 0.4) is 0 Å². The van der Waals surface area contributed by atoms with E-state index in [1.54, 1.807) is 14.2 Å². The molecule has 2 saturated heterocycles. The first-order valence-corrected chi connectivity index (χ1v) is 11.0. The molecule has 0 saturated carbocycles. The fourth-order valence-corrected chi connectivity index (χ4v) is 5.05. The van der Waals surface area contributed by atoms with Crippen molar-refractivity contribution in [1.82, 2.24) is 15.1 Å². The van der Waals surface area contributed by atoms with Crippen LogP contribution in [-0.4, -0.2) is 61.1 Å². The molecule has 1 atom stereocenters. The summed E-state index contributed by atoms with van der Waals surface area (Å²) in [6.07, 6.45) is 2.32. The molecule has 2 aliphatic heterocycles. The van der Waals surface area contributed by atoms with Crippen LogP contribution in [0.15, 0.2) is 24.3 Å². The van der Waals surface area contributed by atoms with Gasteiger partial charge in [-0.1, -0.05) is 25.1 Å². The van der Waals surface area contributed by atoms with Crippen molar-refractivity contribution in [3.8, 4) is 11.5 Å². The number of carbonyl (C=O) groups excluding carboxylic acids is 2. The van der Waals surface area contributed by atoms with E-state index in [4.69, 9.17) is 9.47 Å². The molecule has 31 heavy (non-hydrogen) atoms. The number of nitrogens with one attached hydrogen (secondary N) is 1. The van der Waals surface area contributed by atoms with Crippen LogP contribution in [0.5, 0.6) is 11.5 Å². The van der Waals surface area contributed by atoms with Crippen molar-refractivity contribution in [1.29, 1.82) is 0 Å². The summed E-state index contributed by atoms with van der Waals surface area (Å²) >= 11 is 0. The Morgan fingerprint density at radius 3 is 2.45 bits per heavy atom. The molecule has 0 bridgehead atoms. The summed E-state index contributed by atoms with van der Waals surface area (Å²) in [4.78, 5) is 29.4. The number of piperidine rings is 1. The van der Waals surface area contributed by atoms with Crippen molar-refractivity contribution in [3.05, 3.63) is 35.4 Å². The molecular weight excluding hydrogens is 394 g/mol. The van der Waals surface area contributed by atoms with Crippen LogP contribution >= 0.6 is 0 Å². The highest BCUT2D eigenvalue weighted by Gasteiger charge is 2.54. The lowest BCUT2D eigenvalue weighted by atomic mass is 9.75. The minimum atomic E-state index is -0.799. The van der Waals surface area contributed by atoms with Crippen LogP contribution in [0, 0.1) is 12.8 Å². The highest BCUT2D eigenvalue weighted by Crippen LogP contribution is 2.38. The zero-order valence-electron chi connectivity index (χ0n) is 19.4. The SMILES string of the molecule is C=C(C)CN1C(=O)N[C@@](CC)(C2CCN(Cc3ccc(OC)c(C)c3OC)CC2)C1=O. The Labute approximate surface area is 185 Å². The monoisotopic (exact) mass is 429 g/mol. The number of nitrogens with zero attached hydrogens (tertiary/aromatic N) is 2. The van der Waals surface area contributed by atoms with Crippen molar-refractivity contribution >= 4 is 11.9 Å². The van der Waals surface area contributed by atoms with Gasteiger partial charge in [-0.3, -0.25) is 14.6 Å². The standard InChI is InChI=1S/C24H35N3O4/c1-7-24(22(28)27(14-16(2)3)23(29)25-24)19-10-12-26(13-11-19)15-18-8-9-20(30-5)17(4)21(18)31-6/h8-9,19H,2,7,10-15H2,1,3-6H3,(H,25,29)/t24-/m0/s1. The summed E-state index contributed by atoms with van der Waals surface area (Å²) in [6, 6.07) is 3.74. The molecule has 2 aliphatic rings. The Balaban J connectivity index is 1.69. The molecule has 0 radical (unpaired) electrons. The van der Waals surface area contributed by atoms with E-state index in [2.05, 4.69) is 22.9 Å². The fourth-order valence-electron chi connectivity index (χ4n) is 5.05. The first-order chi connectivity index (χ1) is 14.8. The third-order valence-electron chi connectivity index (χ3n) is 6.73. The molecule has 7 heteroatoms. The van der Waals surface area contributed by atoms with Crippen molar-refractivity contribution < 1.29 is 19.1 Å². The van der Waals surface area contributed by atoms with Gasteiger partial charge >= 0.3 is 6.03 Å². The Kier molecular flexibility index (Phi) is 6.94. The topological polar surface area (TPSA) is 71.1 Å². The largest absolute Gasteiger partial charge is 0.496 e. The number of imide groups is 1. The van der Waals surface area contributed by atoms with Crippen LogP contribution in [0.25, 0.3) is 0 Å². The maximum Gasteiger partial charge on any atom is 0.325 e. The van der Waals surface area contributed by atoms with Crippen molar-refractivity contribution in [2.75, 3.05) is 33.9 Å². The van der Waals surface area contributed by atoms with Gasteiger partial charge in [0.2, 0.25) is 0 Å². The van der Waals surface area contributed by atoms with Crippen LogP contribution in [-0.2, 0) is 11.3 Å². The van der Waals surface area contributed by atoms with E-state index in [-0.39, 0.29) is 24.4 Å². The van der Waals surface area contributed by atoms with E-state index in [9.17, 15) is 9.59 Å². The van der Waals surface area contributed by atoms with Gasteiger partial charge in [-0.15, -0.1) is 0 Å². The van der Waals surface area contributed by atoms with Gasteiger partial charge in [0.15, 0.2) is 0 Å². The van der Waals surface area contributed by atoms with Crippen molar-refractivity contribution in [2.45, 2.75) is 52.1 Å². The predicted molar refractivity (Wildman–Crippen MR) is 120 cm³/mol. The Bertz CT molecular complexity index is 861. The second kappa shape index (κ2) is 9.30. The van der Waals surface area contributed by atoms with Gasteiger partial charge in [0, 0.05) is 17.7 Å². The summed E-state index contributed by atoms with van der Waals surface area (Å²) in [6.45, 7) is 12.5. The summed E-state index contributed by atoms with van der Waals surface area (Å²) in [5, 5.41) is 3.04. The number of rotatable bonds is 8. The second-order valence-electron chi connectivity index (χ2n) is 8.74. The molecule has 3 amide bonds. The van der Waals surface area contributed by atoms with Crippen LogP contribution < -0.4 is 14.8 Å². The molecule has 1 N–H and O–H groups in total. The van der Waals surface area contributed by atoms with Crippen molar-refractivity contribution in [2.24, 2.45) is 5.92 Å². The molecule has 2 heterocycles. The molecule has 1 aromatic rings. The van der Waals surface area contributed by atoms with E-state index < -0.39 is 5.54 Å². The number of hydrogen-bond donors (Lipinski definition) is 1. The molecule has 0 spiro atoms. The Morgan fingerprint density at radius 1 is 1.23 bits per heavy atom. The number of hydrogen-bond acceptors (Lipinski definition) is 5. The highest BCUT2D eigenvalue weighted by atomic mass is 16.5. The summed E-state index contributed by atoms with van der Waals surface area (Å²) in [7, 11) is 3.35. The second-order valence-corrected chi connectivity index (χ2v) is 8.74. The first-order valence-electron chi connectivity index (χ1n) is 11.0. The number of carbonyl (C=O) groups is 2. The van der Waals surface area contributed by atoms with Crippen LogP contribution in [0.1, 0.15) is 44.2 Å². The van der Waals surface area contributed by atoms with Crippen LogP contribution in [0.4, 0.5) is 4.79 Å². The smallest absolute Gasteiger partial charge is 0.325 e. The van der Waals surface area contributed by atoms with Gasteiger partial charge in [-0.25, -0.2) is 4.79 Å². The van der Waals surface area contributed by atoms with Gasteiger partial charge in [-0.2, -0.15) is 0 Å². The molecule has 3 rings (SSSR count). The molecule has 1 aromatic carbocycles. The van der Waals surface area contributed by atoms with E-state index in [0.717, 1.165) is 60.7 Å². The average molecular weight is 430 g/mol. The normalized spacial score (nSPS) is 22.5. The maximum atomic E-state index is 13.2. The minimum Gasteiger partial charge on any atom is -0.496 e. The number of benzene rings is 1. The van der Waals surface area contributed by atoms with Gasteiger partial charge in [-0.05, 0) is 58.2 Å². The summed E-state index contributed by atoms with van der Waals surface area (Å²) in [5.41, 5.74) is 2.13. The summed E-state index contributed by atoms with van der Waals surface area (Å²) in [5.74, 6) is 1.70. The van der Waals surface area contributed by atoms with Gasteiger partial charge < -0.3 is 14.8 Å². The molecule has 0 aliphatic carbocycles. The average Bonchev–Trinajstić information content (AvgIpc) is 2.99. The number of urea groups is 1. The third kappa shape index (κ3) is 4.28. The lowest BCUT2D eigenvalue weighted by molar-refractivity contribution is -0.134. The van der Waals surface area contributed by atoms with Gasteiger partial charge in [0.1, 0.15) is 17.0 Å². The van der Waals surface area contributed by atoms with Gasteiger partial charge in [0.05, 0.1) is 20.8 Å². The number of amides is 3. The van der Waals surface area contributed by atoms with E-state index in [1.807, 2.05) is 26.8 Å². The lowest BCUT2D eigenvalue weighted by Crippen LogP contribution is -2.55. The third-order valence-corrected chi connectivity index (χ3v) is 6.73. The zero-order valence-corrected chi connectivity index (χ0v) is 19.4. The fraction of sp³-hybridized carbons (Fsp3) is 0.583.